The Hall–Kier alpha value is -3.62. The molecule has 3 aromatic rings. The van der Waals surface area contributed by atoms with Crippen molar-refractivity contribution < 1.29 is 28.2 Å². The van der Waals surface area contributed by atoms with E-state index in [0.29, 0.717) is 16.3 Å². The molecule has 0 saturated carbocycles. The number of hydrogen-bond donors (Lipinski definition) is 2. The molecule has 0 spiro atoms. The zero-order valence-corrected chi connectivity index (χ0v) is 14.1. The first-order chi connectivity index (χ1) is 13.2. The Morgan fingerprint density at radius 3 is 2.32 bits per heavy atom. The normalized spacial score (nSPS) is 11.4. The van der Waals surface area contributed by atoms with Crippen LogP contribution in [0.3, 0.4) is 0 Å². The number of aromatic hydroxyl groups is 2. The molecule has 0 atom stereocenters. The Kier molecular flexibility index (Phi) is 4.91. The van der Waals surface area contributed by atoms with Gasteiger partial charge < -0.3 is 10.2 Å². The average Bonchev–Trinajstić information content (AvgIpc) is 2.63. The molecule has 0 fully saturated rings. The van der Waals surface area contributed by atoms with Crippen LogP contribution in [0.4, 0.5) is 13.2 Å². The van der Waals surface area contributed by atoms with Gasteiger partial charge in [0.2, 0.25) is 0 Å². The number of alkyl halides is 3. The lowest BCUT2D eigenvalue weighted by Gasteiger charge is -2.13. The van der Waals surface area contributed by atoms with E-state index < -0.39 is 35.4 Å². The zero-order valence-electron chi connectivity index (χ0n) is 14.1. The van der Waals surface area contributed by atoms with Crippen LogP contribution in [0.5, 0.6) is 11.5 Å². The lowest BCUT2D eigenvalue weighted by atomic mass is 10.1. The first kappa shape index (κ1) is 19.2. The summed E-state index contributed by atoms with van der Waals surface area (Å²) < 4.78 is 40.3. The van der Waals surface area contributed by atoms with Gasteiger partial charge in [0.25, 0.3) is 5.56 Å². The molecule has 6 nitrogen and oxygen atoms in total. The number of halogens is 3. The Bertz CT molecular complexity index is 1090. The Morgan fingerprint density at radius 1 is 1.04 bits per heavy atom. The highest BCUT2D eigenvalue weighted by Crippen LogP contribution is 2.29. The van der Waals surface area contributed by atoms with Gasteiger partial charge in [-0.3, -0.25) is 9.59 Å². The lowest BCUT2D eigenvalue weighted by molar-refractivity contribution is -0.139. The molecule has 0 saturated heterocycles. The van der Waals surface area contributed by atoms with Crippen molar-refractivity contribution in [1.29, 1.82) is 0 Å². The molecular formula is C19H13F3N2O4. The summed E-state index contributed by atoms with van der Waals surface area (Å²) in [5.41, 5.74) is -2.98. The zero-order chi connectivity index (χ0) is 20.5. The van der Waals surface area contributed by atoms with Crippen LogP contribution < -0.4 is 5.56 Å². The number of phenolic OH excluding ortho intramolecular Hbond substituents is 2. The molecule has 2 aromatic carbocycles. The van der Waals surface area contributed by atoms with E-state index in [-0.39, 0.29) is 17.0 Å². The Labute approximate surface area is 156 Å². The molecule has 0 radical (unpaired) electrons. The van der Waals surface area contributed by atoms with Crippen LogP contribution in [-0.4, -0.2) is 25.8 Å². The monoisotopic (exact) mass is 390 g/mol. The minimum Gasteiger partial charge on any atom is -0.508 e. The SMILES string of the molecule is O=C(Cn1nc(-c2ccccc2)cc(C(F)(F)F)c1=O)c1ccc(O)cc1O. The van der Waals surface area contributed by atoms with E-state index in [1.165, 1.54) is 12.1 Å². The molecule has 0 amide bonds. The first-order valence-corrected chi connectivity index (χ1v) is 7.97. The molecule has 28 heavy (non-hydrogen) atoms. The van der Waals surface area contributed by atoms with Crippen molar-refractivity contribution >= 4 is 5.78 Å². The predicted octanol–water partition coefficient (Wildman–Crippen LogP) is 3.22. The van der Waals surface area contributed by atoms with Gasteiger partial charge in [-0.05, 0) is 18.2 Å². The summed E-state index contributed by atoms with van der Waals surface area (Å²) in [4.78, 5) is 24.6. The first-order valence-electron chi connectivity index (χ1n) is 7.97. The number of rotatable bonds is 4. The second kappa shape index (κ2) is 7.18. The fourth-order valence-electron chi connectivity index (χ4n) is 2.58. The maximum atomic E-state index is 13.3. The molecule has 1 heterocycles. The Balaban J connectivity index is 2.09. The quantitative estimate of drug-likeness (QED) is 0.668. The smallest absolute Gasteiger partial charge is 0.421 e. The van der Waals surface area contributed by atoms with Crippen LogP contribution >= 0.6 is 0 Å². The van der Waals surface area contributed by atoms with E-state index in [9.17, 15) is 33.0 Å². The summed E-state index contributed by atoms with van der Waals surface area (Å²) >= 11 is 0. The van der Waals surface area contributed by atoms with Crippen LogP contribution in [0.25, 0.3) is 11.3 Å². The number of benzene rings is 2. The van der Waals surface area contributed by atoms with E-state index in [1.807, 2.05) is 0 Å². The van der Waals surface area contributed by atoms with E-state index >= 15 is 0 Å². The molecule has 9 heteroatoms. The minimum absolute atomic E-state index is 0.129. The fourth-order valence-corrected chi connectivity index (χ4v) is 2.58. The number of carbonyl (C=O) groups is 1. The largest absolute Gasteiger partial charge is 0.508 e. The van der Waals surface area contributed by atoms with Crippen LogP contribution in [0, 0.1) is 0 Å². The van der Waals surface area contributed by atoms with Gasteiger partial charge >= 0.3 is 6.18 Å². The van der Waals surface area contributed by atoms with E-state index in [4.69, 9.17) is 0 Å². The predicted molar refractivity (Wildman–Crippen MR) is 93.0 cm³/mol. The molecular weight excluding hydrogens is 377 g/mol. The van der Waals surface area contributed by atoms with Gasteiger partial charge in [0.1, 0.15) is 23.6 Å². The van der Waals surface area contributed by atoms with Crippen molar-refractivity contribution in [3.63, 3.8) is 0 Å². The molecule has 0 aliphatic heterocycles. The molecule has 0 aliphatic carbocycles. The number of Topliss-reactive ketones (excluding diaryl/α,β-unsaturated/α-hetero) is 1. The standard InChI is InChI=1S/C19H13F3N2O4/c20-19(21,22)14-9-15(11-4-2-1-3-5-11)23-24(18(14)28)10-17(27)13-7-6-12(25)8-16(13)26/h1-9,25-26H,10H2. The summed E-state index contributed by atoms with van der Waals surface area (Å²) in [6, 6.07) is 11.7. The van der Waals surface area contributed by atoms with Crippen LogP contribution in [0.15, 0.2) is 59.4 Å². The van der Waals surface area contributed by atoms with Gasteiger partial charge in [0.05, 0.1) is 11.3 Å². The molecule has 1 aromatic heterocycles. The molecule has 3 rings (SSSR count). The van der Waals surface area contributed by atoms with E-state index in [0.717, 1.165) is 18.2 Å². The highest BCUT2D eigenvalue weighted by molar-refractivity contribution is 5.98. The Morgan fingerprint density at radius 2 is 1.71 bits per heavy atom. The molecule has 0 bridgehead atoms. The van der Waals surface area contributed by atoms with Gasteiger partial charge in [0, 0.05) is 11.6 Å². The third kappa shape index (κ3) is 3.88. The molecule has 2 N–H and O–H groups in total. The van der Waals surface area contributed by atoms with E-state index in [1.54, 1.807) is 18.2 Å². The van der Waals surface area contributed by atoms with Crippen LogP contribution in [0.2, 0.25) is 0 Å². The van der Waals surface area contributed by atoms with Crippen molar-refractivity contribution in [2.45, 2.75) is 12.7 Å². The second-order valence-electron chi connectivity index (χ2n) is 5.89. The topological polar surface area (TPSA) is 92.4 Å². The number of aromatic nitrogens is 2. The van der Waals surface area contributed by atoms with Crippen molar-refractivity contribution in [3.05, 3.63) is 76.1 Å². The number of phenols is 2. The van der Waals surface area contributed by atoms with Gasteiger partial charge in [-0.1, -0.05) is 30.3 Å². The fraction of sp³-hybridized carbons (Fsp3) is 0.105. The van der Waals surface area contributed by atoms with Crippen molar-refractivity contribution in [2.75, 3.05) is 0 Å². The summed E-state index contributed by atoms with van der Waals surface area (Å²) in [6.07, 6.45) is -4.94. The molecule has 144 valence electrons. The van der Waals surface area contributed by atoms with Crippen LogP contribution in [0.1, 0.15) is 15.9 Å². The third-order valence-corrected chi connectivity index (χ3v) is 3.92. The van der Waals surface area contributed by atoms with Crippen molar-refractivity contribution in [1.82, 2.24) is 9.78 Å². The maximum absolute atomic E-state index is 13.3. The van der Waals surface area contributed by atoms with Crippen molar-refractivity contribution in [2.24, 2.45) is 0 Å². The number of carbonyl (C=O) groups excluding carboxylic acids is 1. The van der Waals surface area contributed by atoms with Gasteiger partial charge in [0.15, 0.2) is 5.78 Å². The van der Waals surface area contributed by atoms with E-state index in [2.05, 4.69) is 5.10 Å². The average molecular weight is 390 g/mol. The maximum Gasteiger partial charge on any atom is 0.421 e. The second-order valence-corrected chi connectivity index (χ2v) is 5.89. The molecule has 0 unspecified atom stereocenters. The van der Waals surface area contributed by atoms with Crippen molar-refractivity contribution in [3.8, 4) is 22.8 Å². The summed E-state index contributed by atoms with van der Waals surface area (Å²) in [6.45, 7) is -0.819. The highest BCUT2D eigenvalue weighted by atomic mass is 19.4. The lowest BCUT2D eigenvalue weighted by Crippen LogP contribution is -2.33. The summed E-state index contributed by atoms with van der Waals surface area (Å²) in [5.74, 6) is -1.70. The summed E-state index contributed by atoms with van der Waals surface area (Å²) in [7, 11) is 0. The minimum atomic E-state index is -4.94. The van der Waals surface area contributed by atoms with Gasteiger partial charge in [-0.15, -0.1) is 0 Å². The third-order valence-electron chi connectivity index (χ3n) is 3.92. The summed E-state index contributed by atoms with van der Waals surface area (Å²) in [5, 5.41) is 22.9. The van der Waals surface area contributed by atoms with Gasteiger partial charge in [-0.2, -0.15) is 18.3 Å². The number of ketones is 1. The highest BCUT2D eigenvalue weighted by Gasteiger charge is 2.36. The van der Waals surface area contributed by atoms with Crippen LogP contribution in [-0.2, 0) is 12.7 Å². The molecule has 0 aliphatic rings. The number of nitrogens with zero attached hydrogens (tertiary/aromatic N) is 2. The number of hydrogen-bond acceptors (Lipinski definition) is 5. The van der Waals surface area contributed by atoms with Gasteiger partial charge in [-0.25, -0.2) is 4.68 Å².